The molecule has 2 N–H and O–H groups in total. The van der Waals surface area contributed by atoms with Crippen LogP contribution in [0.15, 0.2) is 29.3 Å². The number of nitriles is 1. The molecule has 120 valence electrons. The normalized spacial score (nSPS) is 11.1. The second-order valence-electron chi connectivity index (χ2n) is 5.16. The molecular weight excluding hydrogens is 306 g/mol. The van der Waals surface area contributed by atoms with E-state index < -0.39 is 0 Å². The zero-order chi connectivity index (χ0) is 16.7. The van der Waals surface area contributed by atoms with E-state index in [1.165, 1.54) is 4.88 Å². The average Bonchev–Trinajstić information content (AvgIpc) is 2.89. The molecule has 0 aliphatic rings. The Hall–Kier alpha value is -2.39. The van der Waals surface area contributed by atoms with Gasteiger partial charge in [-0.3, -0.25) is 4.99 Å². The Morgan fingerprint density at radius 3 is 2.57 bits per heavy atom. The Labute approximate surface area is 141 Å². The van der Waals surface area contributed by atoms with Gasteiger partial charge in [-0.1, -0.05) is 12.1 Å². The quantitative estimate of drug-likeness (QED) is 0.654. The van der Waals surface area contributed by atoms with Crippen molar-refractivity contribution in [1.29, 1.82) is 5.26 Å². The van der Waals surface area contributed by atoms with Crippen LogP contribution in [0.2, 0.25) is 0 Å². The first-order chi connectivity index (χ1) is 11.1. The fourth-order valence-corrected chi connectivity index (χ4v) is 2.97. The summed E-state index contributed by atoms with van der Waals surface area (Å²) in [5.74, 6) is 0.763. The Morgan fingerprint density at radius 1 is 1.26 bits per heavy atom. The van der Waals surface area contributed by atoms with Gasteiger partial charge in [0, 0.05) is 31.4 Å². The smallest absolute Gasteiger partial charge is 0.191 e. The van der Waals surface area contributed by atoms with E-state index in [0.717, 1.165) is 35.2 Å². The summed E-state index contributed by atoms with van der Waals surface area (Å²) in [6.07, 6.45) is 0.886. The summed E-state index contributed by atoms with van der Waals surface area (Å²) >= 11 is 1.75. The maximum Gasteiger partial charge on any atom is 0.191 e. The van der Waals surface area contributed by atoms with Gasteiger partial charge in [0.25, 0.3) is 0 Å². The van der Waals surface area contributed by atoms with Gasteiger partial charge in [-0.15, -0.1) is 11.3 Å². The van der Waals surface area contributed by atoms with Crippen LogP contribution in [0.1, 0.15) is 26.7 Å². The topological polar surface area (TPSA) is 73.1 Å². The van der Waals surface area contributed by atoms with Crippen molar-refractivity contribution in [3.05, 3.63) is 51.0 Å². The fraction of sp³-hybridized carbons (Fsp3) is 0.353. The van der Waals surface area contributed by atoms with Gasteiger partial charge in [-0.25, -0.2) is 4.98 Å². The van der Waals surface area contributed by atoms with Crippen LogP contribution in [0.5, 0.6) is 0 Å². The molecule has 0 saturated carbocycles. The van der Waals surface area contributed by atoms with Crippen molar-refractivity contribution in [2.45, 2.75) is 26.8 Å². The molecule has 23 heavy (non-hydrogen) atoms. The third-order valence-corrected chi connectivity index (χ3v) is 4.60. The molecular formula is C17H21N5S. The van der Waals surface area contributed by atoms with Gasteiger partial charge in [-0.2, -0.15) is 5.26 Å². The van der Waals surface area contributed by atoms with Crippen molar-refractivity contribution in [2.24, 2.45) is 4.99 Å². The Bertz CT molecular complexity index is 690. The average molecular weight is 327 g/mol. The van der Waals surface area contributed by atoms with Crippen LogP contribution >= 0.6 is 11.3 Å². The molecule has 0 aliphatic heterocycles. The van der Waals surface area contributed by atoms with E-state index >= 15 is 0 Å². The first kappa shape index (κ1) is 17.0. The second-order valence-corrected chi connectivity index (χ2v) is 6.45. The number of aliphatic imine (C=N–C) groups is 1. The summed E-state index contributed by atoms with van der Waals surface area (Å²) in [4.78, 5) is 10.0. The molecule has 2 aromatic rings. The summed E-state index contributed by atoms with van der Waals surface area (Å²) in [6.45, 7) is 5.60. The number of aromatic nitrogens is 1. The first-order valence-corrected chi connectivity index (χ1v) is 8.30. The highest BCUT2D eigenvalue weighted by Crippen LogP contribution is 2.16. The lowest BCUT2D eigenvalue weighted by Gasteiger charge is -2.11. The van der Waals surface area contributed by atoms with Crippen molar-refractivity contribution in [3.8, 4) is 6.07 Å². The first-order valence-electron chi connectivity index (χ1n) is 7.49. The molecule has 0 radical (unpaired) electrons. The van der Waals surface area contributed by atoms with Crippen molar-refractivity contribution in [2.75, 3.05) is 13.6 Å². The lowest BCUT2D eigenvalue weighted by molar-refractivity contribution is 0.791. The molecule has 0 amide bonds. The number of benzene rings is 1. The number of hydrogen-bond acceptors (Lipinski definition) is 4. The molecule has 0 spiro atoms. The summed E-state index contributed by atoms with van der Waals surface area (Å²) in [6, 6.07) is 9.65. The van der Waals surface area contributed by atoms with Crippen molar-refractivity contribution in [3.63, 3.8) is 0 Å². The number of thiazole rings is 1. The van der Waals surface area contributed by atoms with Gasteiger partial charge in [0.15, 0.2) is 5.96 Å². The zero-order valence-corrected chi connectivity index (χ0v) is 14.5. The molecule has 6 heteroatoms. The summed E-state index contributed by atoms with van der Waals surface area (Å²) in [5.41, 5.74) is 2.90. The number of nitrogens with one attached hydrogen (secondary N) is 2. The van der Waals surface area contributed by atoms with Crippen LogP contribution in [0.3, 0.4) is 0 Å². The molecule has 1 aromatic carbocycles. The predicted molar refractivity (Wildman–Crippen MR) is 94.7 cm³/mol. The van der Waals surface area contributed by atoms with E-state index in [0.29, 0.717) is 12.1 Å². The lowest BCUT2D eigenvalue weighted by atomic mass is 10.1. The Balaban J connectivity index is 1.77. The number of guanidine groups is 1. The third kappa shape index (κ3) is 5.08. The van der Waals surface area contributed by atoms with Crippen molar-refractivity contribution in [1.82, 2.24) is 15.6 Å². The van der Waals surface area contributed by atoms with Gasteiger partial charge in [-0.05, 0) is 31.5 Å². The summed E-state index contributed by atoms with van der Waals surface area (Å²) in [7, 11) is 1.76. The maximum absolute atomic E-state index is 8.80. The summed E-state index contributed by atoms with van der Waals surface area (Å²) < 4.78 is 0. The third-order valence-electron chi connectivity index (χ3n) is 3.47. The minimum Gasteiger partial charge on any atom is -0.356 e. The van der Waals surface area contributed by atoms with E-state index in [2.05, 4.69) is 33.6 Å². The molecule has 0 aliphatic carbocycles. The monoisotopic (exact) mass is 327 g/mol. The largest absolute Gasteiger partial charge is 0.356 e. The van der Waals surface area contributed by atoms with Crippen LogP contribution in [0.25, 0.3) is 0 Å². The van der Waals surface area contributed by atoms with Crippen LogP contribution in [-0.2, 0) is 13.0 Å². The standard InChI is InChI=1S/C17H21N5S/c1-12-13(2)23-16(22-12)8-9-20-17(19-3)21-11-15-6-4-14(10-18)5-7-15/h4-7H,8-9,11H2,1-3H3,(H2,19,20,21). The molecule has 1 aromatic heterocycles. The fourth-order valence-electron chi connectivity index (χ4n) is 2.04. The second kappa shape index (κ2) is 8.30. The van der Waals surface area contributed by atoms with Crippen LogP contribution in [0, 0.1) is 25.2 Å². The van der Waals surface area contributed by atoms with Gasteiger partial charge < -0.3 is 10.6 Å². The predicted octanol–water partition coefficient (Wildman–Crippen LogP) is 2.54. The summed E-state index contributed by atoms with van der Waals surface area (Å²) in [5, 5.41) is 16.5. The van der Waals surface area contributed by atoms with Crippen LogP contribution in [0.4, 0.5) is 0 Å². The van der Waals surface area contributed by atoms with Gasteiger partial charge in [0.1, 0.15) is 0 Å². The molecule has 0 unspecified atom stereocenters. The highest BCUT2D eigenvalue weighted by Gasteiger charge is 2.04. The number of hydrogen-bond donors (Lipinski definition) is 2. The Kier molecular flexibility index (Phi) is 6.12. The number of rotatable bonds is 5. The van der Waals surface area contributed by atoms with Crippen LogP contribution in [-0.4, -0.2) is 24.5 Å². The molecule has 0 saturated heterocycles. The molecule has 1 heterocycles. The van der Waals surface area contributed by atoms with E-state index in [1.54, 1.807) is 18.4 Å². The van der Waals surface area contributed by atoms with E-state index in [9.17, 15) is 0 Å². The van der Waals surface area contributed by atoms with Crippen molar-refractivity contribution < 1.29 is 0 Å². The molecule has 0 atom stereocenters. The Morgan fingerprint density at radius 2 is 2.00 bits per heavy atom. The SMILES string of the molecule is CN=C(NCCc1nc(C)c(C)s1)NCc1ccc(C#N)cc1. The maximum atomic E-state index is 8.80. The molecule has 0 bridgehead atoms. The van der Waals surface area contributed by atoms with Crippen molar-refractivity contribution >= 4 is 17.3 Å². The lowest BCUT2D eigenvalue weighted by Crippen LogP contribution is -2.37. The minimum absolute atomic E-state index is 0.668. The highest BCUT2D eigenvalue weighted by molar-refractivity contribution is 7.11. The highest BCUT2D eigenvalue weighted by atomic mass is 32.1. The van der Waals surface area contributed by atoms with Gasteiger partial charge >= 0.3 is 0 Å². The minimum atomic E-state index is 0.668. The van der Waals surface area contributed by atoms with E-state index in [-0.39, 0.29) is 0 Å². The van der Waals surface area contributed by atoms with Gasteiger partial charge in [0.2, 0.25) is 0 Å². The van der Waals surface area contributed by atoms with E-state index in [1.807, 2.05) is 31.2 Å². The van der Waals surface area contributed by atoms with E-state index in [4.69, 9.17) is 5.26 Å². The van der Waals surface area contributed by atoms with Gasteiger partial charge in [0.05, 0.1) is 22.3 Å². The number of nitrogens with zero attached hydrogens (tertiary/aromatic N) is 3. The van der Waals surface area contributed by atoms with Crippen LogP contribution < -0.4 is 10.6 Å². The molecule has 2 rings (SSSR count). The molecule has 5 nitrogen and oxygen atoms in total. The number of aryl methyl sites for hydroxylation is 2. The molecule has 0 fully saturated rings. The zero-order valence-electron chi connectivity index (χ0n) is 13.7.